The maximum absolute atomic E-state index is 12.3. The third kappa shape index (κ3) is 3.05. The Balaban J connectivity index is 2.19. The maximum Gasteiger partial charge on any atom is 0.263 e. The van der Waals surface area contributed by atoms with Gasteiger partial charge < -0.3 is 15.0 Å². The Morgan fingerprint density at radius 1 is 1.42 bits per heavy atom. The van der Waals surface area contributed by atoms with Gasteiger partial charge >= 0.3 is 0 Å². The predicted molar refractivity (Wildman–Crippen MR) is 76.8 cm³/mol. The van der Waals surface area contributed by atoms with Crippen LogP contribution in [-0.4, -0.2) is 28.2 Å². The summed E-state index contributed by atoms with van der Waals surface area (Å²) in [6.45, 7) is 3.90. The molecular weight excluding hydrogens is 260 g/mol. The number of hydrogen-bond acceptors (Lipinski definition) is 3. The van der Waals surface area contributed by atoms with E-state index in [-0.39, 0.29) is 24.5 Å². The quantitative estimate of drug-likeness (QED) is 0.881. The topological polar surface area (TPSA) is 54.3 Å². The molecule has 1 amide bonds. The molecule has 19 heavy (non-hydrogen) atoms. The molecule has 0 bridgehead atoms. The van der Waals surface area contributed by atoms with Crippen LogP contribution >= 0.6 is 11.3 Å². The lowest BCUT2D eigenvalue weighted by atomic mass is 10.1. The van der Waals surface area contributed by atoms with Gasteiger partial charge in [0.25, 0.3) is 5.91 Å². The molecule has 102 valence electrons. The molecule has 2 rings (SSSR count). The van der Waals surface area contributed by atoms with Crippen molar-refractivity contribution in [3.63, 3.8) is 0 Å². The molecule has 1 atom stereocenters. The second-order valence-corrected chi connectivity index (χ2v) is 5.65. The smallest absolute Gasteiger partial charge is 0.263 e. The summed E-state index contributed by atoms with van der Waals surface area (Å²) < 4.78 is 1.91. The summed E-state index contributed by atoms with van der Waals surface area (Å²) in [5, 5.41) is 14.1. The molecule has 2 N–H and O–H groups in total. The van der Waals surface area contributed by atoms with Crippen LogP contribution in [0, 0.1) is 5.92 Å². The van der Waals surface area contributed by atoms with Crippen molar-refractivity contribution in [1.82, 2.24) is 9.88 Å². The van der Waals surface area contributed by atoms with Crippen LogP contribution in [0.2, 0.25) is 0 Å². The number of aromatic nitrogens is 1. The van der Waals surface area contributed by atoms with Crippen molar-refractivity contribution < 1.29 is 9.90 Å². The van der Waals surface area contributed by atoms with Crippen LogP contribution in [0.1, 0.15) is 23.5 Å². The Kier molecular flexibility index (Phi) is 4.39. The van der Waals surface area contributed by atoms with E-state index < -0.39 is 0 Å². The van der Waals surface area contributed by atoms with E-state index in [0.29, 0.717) is 4.88 Å². The number of carbonyl (C=O) groups excluding carboxylic acids is 1. The Morgan fingerprint density at radius 3 is 2.68 bits per heavy atom. The van der Waals surface area contributed by atoms with Crippen LogP contribution in [0.3, 0.4) is 0 Å². The van der Waals surface area contributed by atoms with Gasteiger partial charge in [-0.3, -0.25) is 4.79 Å². The minimum atomic E-state index is -0.216. The molecular formula is C14H18N2O2S. The average Bonchev–Trinajstić information content (AvgIpc) is 3.03. The van der Waals surface area contributed by atoms with Gasteiger partial charge in [0.05, 0.1) is 18.3 Å². The van der Waals surface area contributed by atoms with Gasteiger partial charge in [-0.2, -0.15) is 0 Å². The van der Waals surface area contributed by atoms with E-state index in [1.54, 1.807) is 0 Å². The van der Waals surface area contributed by atoms with Crippen LogP contribution in [0.5, 0.6) is 0 Å². The summed E-state index contributed by atoms with van der Waals surface area (Å²) in [7, 11) is 0. The standard InChI is InChI=1S/C14H18N2O2S/c1-10(2)11(9-17)15-14(18)13-12(5-8-19-13)16-6-3-4-7-16/h3-8,10-11,17H,9H2,1-2H3,(H,15,18). The fourth-order valence-corrected chi connectivity index (χ4v) is 2.62. The van der Waals surface area contributed by atoms with Gasteiger partial charge in [0.15, 0.2) is 0 Å². The molecule has 0 aliphatic heterocycles. The normalized spacial score (nSPS) is 12.6. The molecule has 0 aliphatic rings. The van der Waals surface area contributed by atoms with Gasteiger partial charge in [-0.05, 0) is 29.5 Å². The third-order valence-electron chi connectivity index (χ3n) is 3.05. The first-order valence-electron chi connectivity index (χ1n) is 6.26. The molecule has 4 nitrogen and oxygen atoms in total. The van der Waals surface area contributed by atoms with Gasteiger partial charge in [-0.15, -0.1) is 11.3 Å². The summed E-state index contributed by atoms with van der Waals surface area (Å²) >= 11 is 1.41. The summed E-state index contributed by atoms with van der Waals surface area (Å²) in [6.07, 6.45) is 3.82. The molecule has 2 aromatic heterocycles. The van der Waals surface area contributed by atoms with Gasteiger partial charge in [0, 0.05) is 12.4 Å². The molecule has 0 saturated carbocycles. The number of nitrogens with one attached hydrogen (secondary N) is 1. The van der Waals surface area contributed by atoms with Crippen molar-refractivity contribution in [2.45, 2.75) is 19.9 Å². The molecule has 0 saturated heterocycles. The van der Waals surface area contributed by atoms with Gasteiger partial charge in [-0.1, -0.05) is 13.8 Å². The summed E-state index contributed by atoms with van der Waals surface area (Å²) in [6, 6.07) is 5.55. The molecule has 0 aromatic carbocycles. The Morgan fingerprint density at radius 2 is 2.11 bits per heavy atom. The lowest BCUT2D eigenvalue weighted by Crippen LogP contribution is -2.41. The minimum absolute atomic E-state index is 0.0480. The Labute approximate surface area is 116 Å². The van der Waals surface area contributed by atoms with Crippen molar-refractivity contribution >= 4 is 17.2 Å². The Bertz CT molecular complexity index is 531. The first-order chi connectivity index (χ1) is 9.13. The number of rotatable bonds is 5. The zero-order chi connectivity index (χ0) is 13.8. The number of aliphatic hydroxyl groups excluding tert-OH is 1. The second-order valence-electron chi connectivity index (χ2n) is 4.73. The summed E-state index contributed by atoms with van der Waals surface area (Å²) in [5.74, 6) is 0.0652. The number of carbonyl (C=O) groups is 1. The van der Waals surface area contributed by atoms with E-state index in [0.717, 1.165) is 5.69 Å². The summed E-state index contributed by atoms with van der Waals surface area (Å²) in [4.78, 5) is 12.9. The van der Waals surface area contributed by atoms with E-state index in [9.17, 15) is 9.90 Å². The maximum atomic E-state index is 12.3. The number of amides is 1. The van der Waals surface area contributed by atoms with Crippen molar-refractivity contribution in [1.29, 1.82) is 0 Å². The highest BCUT2D eigenvalue weighted by molar-refractivity contribution is 7.12. The largest absolute Gasteiger partial charge is 0.394 e. The van der Waals surface area contributed by atoms with Crippen LogP contribution in [0.4, 0.5) is 0 Å². The number of hydrogen-bond donors (Lipinski definition) is 2. The molecule has 2 aromatic rings. The second kappa shape index (κ2) is 6.04. The van der Waals surface area contributed by atoms with E-state index in [2.05, 4.69) is 5.32 Å². The lowest BCUT2D eigenvalue weighted by Gasteiger charge is -2.19. The lowest BCUT2D eigenvalue weighted by molar-refractivity contribution is 0.0901. The third-order valence-corrected chi connectivity index (χ3v) is 3.95. The molecule has 0 fully saturated rings. The van der Waals surface area contributed by atoms with E-state index in [4.69, 9.17) is 0 Å². The number of thiophene rings is 1. The number of aliphatic hydroxyl groups is 1. The summed E-state index contributed by atoms with van der Waals surface area (Å²) in [5.41, 5.74) is 0.868. The molecule has 0 radical (unpaired) electrons. The average molecular weight is 278 g/mol. The van der Waals surface area contributed by atoms with E-state index in [1.807, 2.05) is 54.4 Å². The highest BCUT2D eigenvalue weighted by Crippen LogP contribution is 2.21. The fraction of sp³-hybridized carbons (Fsp3) is 0.357. The van der Waals surface area contributed by atoms with E-state index in [1.165, 1.54) is 11.3 Å². The fourth-order valence-electron chi connectivity index (χ4n) is 1.83. The van der Waals surface area contributed by atoms with Gasteiger partial charge in [0.1, 0.15) is 4.88 Å². The zero-order valence-electron chi connectivity index (χ0n) is 11.0. The van der Waals surface area contributed by atoms with Crippen molar-refractivity contribution in [2.24, 2.45) is 5.92 Å². The zero-order valence-corrected chi connectivity index (χ0v) is 11.9. The number of nitrogens with zero attached hydrogens (tertiary/aromatic N) is 1. The van der Waals surface area contributed by atoms with Gasteiger partial charge in [0.2, 0.25) is 0 Å². The van der Waals surface area contributed by atoms with Crippen LogP contribution in [0.15, 0.2) is 36.0 Å². The van der Waals surface area contributed by atoms with Crippen LogP contribution in [0.25, 0.3) is 5.69 Å². The van der Waals surface area contributed by atoms with Gasteiger partial charge in [-0.25, -0.2) is 0 Å². The van der Waals surface area contributed by atoms with Crippen LogP contribution < -0.4 is 5.32 Å². The highest BCUT2D eigenvalue weighted by atomic mass is 32.1. The SMILES string of the molecule is CC(C)C(CO)NC(=O)c1sccc1-n1cccc1. The molecule has 2 heterocycles. The highest BCUT2D eigenvalue weighted by Gasteiger charge is 2.19. The first kappa shape index (κ1) is 13.8. The first-order valence-corrected chi connectivity index (χ1v) is 7.14. The minimum Gasteiger partial charge on any atom is -0.394 e. The van der Waals surface area contributed by atoms with Crippen LogP contribution in [-0.2, 0) is 0 Å². The van der Waals surface area contributed by atoms with Crippen molar-refractivity contribution in [2.75, 3.05) is 6.61 Å². The predicted octanol–water partition coefficient (Wildman–Crippen LogP) is 2.29. The monoisotopic (exact) mass is 278 g/mol. The van der Waals surface area contributed by atoms with Crippen molar-refractivity contribution in [3.8, 4) is 5.69 Å². The molecule has 0 spiro atoms. The van der Waals surface area contributed by atoms with Crippen molar-refractivity contribution in [3.05, 3.63) is 40.8 Å². The van der Waals surface area contributed by atoms with E-state index >= 15 is 0 Å². The molecule has 5 heteroatoms. The Hall–Kier alpha value is -1.59. The molecule has 0 aliphatic carbocycles. The molecule has 1 unspecified atom stereocenters.